The van der Waals surface area contributed by atoms with Crippen LogP contribution in [-0.2, 0) is 14.3 Å². The molecule has 0 radical (unpaired) electrons. The zero-order valence-electron chi connectivity index (χ0n) is 21.9. The molecule has 2 aliphatic rings. The van der Waals surface area contributed by atoms with E-state index in [1.54, 1.807) is 36.3 Å². The molecule has 0 aliphatic carbocycles. The van der Waals surface area contributed by atoms with Crippen molar-refractivity contribution in [2.24, 2.45) is 0 Å². The molecule has 1 atom stereocenters. The molecule has 1 unspecified atom stereocenters. The number of hydrogen-bond donors (Lipinski definition) is 1. The second-order valence-electron chi connectivity index (χ2n) is 9.52. The number of methoxy groups -OCH3 is 1. The maximum Gasteiger partial charge on any atom is 0.295 e. The van der Waals surface area contributed by atoms with Crippen molar-refractivity contribution in [1.82, 2.24) is 9.80 Å². The largest absolute Gasteiger partial charge is 0.507 e. The Bertz CT molecular complexity index is 1330. The van der Waals surface area contributed by atoms with Gasteiger partial charge in [-0.3, -0.25) is 14.5 Å². The molecule has 0 aromatic heterocycles. The van der Waals surface area contributed by atoms with Gasteiger partial charge in [-0.25, -0.2) is 0 Å². The van der Waals surface area contributed by atoms with Crippen LogP contribution in [0.15, 0.2) is 84.4 Å². The van der Waals surface area contributed by atoms with Crippen molar-refractivity contribution in [3.63, 3.8) is 0 Å². The number of aliphatic hydroxyl groups excluding tert-OH is 1. The molecule has 39 heavy (non-hydrogen) atoms. The molecule has 2 fully saturated rings. The van der Waals surface area contributed by atoms with Gasteiger partial charge in [-0.15, -0.1) is 0 Å². The second-order valence-corrected chi connectivity index (χ2v) is 9.52. The monoisotopic (exact) mass is 528 g/mol. The standard InChI is InChI=1S/C31H32N2O6/c1-37-24-13-11-22(12-14-24)29(34)27-28(23-7-5-10-26(21-23)39-25-8-3-2-4-9-25)33(31(36)30(27)35)16-6-15-32-17-19-38-20-18-32/h2-5,7-14,21,28,34H,6,15-20H2,1H3. The number of nitrogens with zero attached hydrogens (tertiary/aromatic N) is 2. The van der Waals surface area contributed by atoms with E-state index in [1.165, 1.54) is 0 Å². The summed E-state index contributed by atoms with van der Waals surface area (Å²) >= 11 is 0. The number of ketones is 1. The molecule has 1 amide bonds. The number of benzene rings is 3. The van der Waals surface area contributed by atoms with Gasteiger partial charge in [-0.1, -0.05) is 30.3 Å². The van der Waals surface area contributed by atoms with E-state index in [9.17, 15) is 14.7 Å². The number of carbonyl (C=O) groups excluding carboxylic acids is 2. The summed E-state index contributed by atoms with van der Waals surface area (Å²) in [6.45, 7) is 4.24. The molecule has 3 aromatic carbocycles. The van der Waals surface area contributed by atoms with Crippen LogP contribution in [0, 0.1) is 0 Å². The molecular weight excluding hydrogens is 496 g/mol. The summed E-state index contributed by atoms with van der Waals surface area (Å²) in [4.78, 5) is 30.6. The van der Waals surface area contributed by atoms with E-state index < -0.39 is 17.7 Å². The average Bonchev–Trinajstić information content (AvgIpc) is 3.23. The summed E-state index contributed by atoms with van der Waals surface area (Å²) < 4.78 is 16.7. The second kappa shape index (κ2) is 12.1. The third-order valence-corrected chi connectivity index (χ3v) is 7.03. The van der Waals surface area contributed by atoms with Gasteiger partial charge in [0.25, 0.3) is 11.7 Å². The van der Waals surface area contributed by atoms with Gasteiger partial charge in [0.1, 0.15) is 23.0 Å². The number of hydrogen-bond acceptors (Lipinski definition) is 7. The molecule has 0 bridgehead atoms. The number of likely N-dealkylation sites (tertiary alicyclic amines) is 1. The van der Waals surface area contributed by atoms with Crippen LogP contribution in [0.5, 0.6) is 17.2 Å². The first-order valence-corrected chi connectivity index (χ1v) is 13.1. The molecule has 8 nitrogen and oxygen atoms in total. The summed E-state index contributed by atoms with van der Waals surface area (Å²) in [5.41, 5.74) is 1.18. The quantitative estimate of drug-likeness (QED) is 0.246. The van der Waals surface area contributed by atoms with Crippen LogP contribution in [0.1, 0.15) is 23.6 Å². The minimum absolute atomic E-state index is 0.0633. The Morgan fingerprint density at radius 2 is 1.62 bits per heavy atom. The highest BCUT2D eigenvalue weighted by Crippen LogP contribution is 2.41. The average molecular weight is 529 g/mol. The maximum absolute atomic E-state index is 13.4. The topological polar surface area (TPSA) is 88.5 Å². The lowest BCUT2D eigenvalue weighted by Gasteiger charge is -2.29. The van der Waals surface area contributed by atoms with Gasteiger partial charge in [0, 0.05) is 31.7 Å². The minimum Gasteiger partial charge on any atom is -0.507 e. The Labute approximate surface area is 228 Å². The first-order chi connectivity index (χ1) is 19.0. The molecule has 2 aliphatic heterocycles. The van der Waals surface area contributed by atoms with Gasteiger partial charge < -0.3 is 24.2 Å². The lowest BCUT2D eigenvalue weighted by atomic mass is 9.95. The fourth-order valence-corrected chi connectivity index (χ4v) is 5.02. The predicted molar refractivity (Wildman–Crippen MR) is 147 cm³/mol. The third kappa shape index (κ3) is 5.97. The van der Waals surface area contributed by atoms with Gasteiger partial charge in [-0.05, 0) is 60.5 Å². The smallest absolute Gasteiger partial charge is 0.295 e. The van der Waals surface area contributed by atoms with Crippen LogP contribution in [0.2, 0.25) is 0 Å². The van der Waals surface area contributed by atoms with Crippen molar-refractivity contribution in [2.75, 3.05) is 46.5 Å². The van der Waals surface area contributed by atoms with Crippen LogP contribution in [0.4, 0.5) is 0 Å². The predicted octanol–water partition coefficient (Wildman–Crippen LogP) is 4.63. The van der Waals surface area contributed by atoms with Crippen molar-refractivity contribution in [3.8, 4) is 17.2 Å². The van der Waals surface area contributed by atoms with Gasteiger partial charge in [-0.2, -0.15) is 0 Å². The van der Waals surface area contributed by atoms with Crippen LogP contribution in [0.25, 0.3) is 5.76 Å². The van der Waals surface area contributed by atoms with Gasteiger partial charge in [0.05, 0.1) is 31.9 Å². The Morgan fingerprint density at radius 1 is 0.897 bits per heavy atom. The highest BCUT2D eigenvalue weighted by molar-refractivity contribution is 6.46. The Morgan fingerprint density at radius 3 is 2.33 bits per heavy atom. The number of ether oxygens (including phenoxy) is 3. The molecule has 2 saturated heterocycles. The number of carbonyl (C=O) groups is 2. The summed E-state index contributed by atoms with van der Waals surface area (Å²) in [5.74, 6) is 0.332. The highest BCUT2D eigenvalue weighted by atomic mass is 16.5. The van der Waals surface area contributed by atoms with E-state index in [0.717, 1.165) is 19.6 Å². The summed E-state index contributed by atoms with van der Waals surface area (Å²) in [5, 5.41) is 11.3. The molecule has 3 aromatic rings. The van der Waals surface area contributed by atoms with Crippen molar-refractivity contribution in [2.45, 2.75) is 12.5 Å². The molecule has 0 spiro atoms. The SMILES string of the molecule is COc1ccc(C(O)=C2C(=O)C(=O)N(CCCN3CCOCC3)C2c2cccc(Oc3ccccc3)c2)cc1. The zero-order valence-corrected chi connectivity index (χ0v) is 21.9. The molecular formula is C31H32N2O6. The Balaban J connectivity index is 1.49. The Hall–Kier alpha value is -4.14. The normalized spacial score (nSPS) is 19.3. The summed E-state index contributed by atoms with van der Waals surface area (Å²) in [6.07, 6.45) is 0.687. The van der Waals surface area contributed by atoms with Gasteiger partial charge >= 0.3 is 0 Å². The van der Waals surface area contributed by atoms with Crippen molar-refractivity contribution in [3.05, 3.63) is 95.6 Å². The maximum atomic E-state index is 13.4. The van der Waals surface area contributed by atoms with Gasteiger partial charge in [0.15, 0.2) is 0 Å². The first kappa shape index (κ1) is 26.5. The highest BCUT2D eigenvalue weighted by Gasteiger charge is 2.46. The number of rotatable bonds is 9. The van der Waals surface area contributed by atoms with E-state index in [0.29, 0.717) is 54.6 Å². The number of para-hydroxylation sites is 1. The van der Waals surface area contributed by atoms with Crippen LogP contribution < -0.4 is 9.47 Å². The summed E-state index contributed by atoms with van der Waals surface area (Å²) in [7, 11) is 1.56. The minimum atomic E-state index is -0.754. The fourth-order valence-electron chi connectivity index (χ4n) is 5.02. The van der Waals surface area contributed by atoms with E-state index >= 15 is 0 Å². The van der Waals surface area contributed by atoms with Crippen LogP contribution in [-0.4, -0.2) is 73.1 Å². The summed E-state index contributed by atoms with van der Waals surface area (Å²) in [6, 6.07) is 22.7. The Kier molecular flexibility index (Phi) is 8.24. The first-order valence-electron chi connectivity index (χ1n) is 13.1. The van der Waals surface area contributed by atoms with E-state index in [2.05, 4.69) is 4.90 Å². The van der Waals surface area contributed by atoms with Crippen molar-refractivity contribution >= 4 is 17.4 Å². The van der Waals surface area contributed by atoms with Crippen LogP contribution in [0.3, 0.4) is 0 Å². The lowest BCUT2D eigenvalue weighted by Crippen LogP contribution is -2.38. The molecule has 202 valence electrons. The number of Topliss-reactive ketones (excluding diaryl/α,β-unsaturated/α-hetero) is 1. The molecule has 5 rings (SSSR count). The van der Waals surface area contributed by atoms with Crippen molar-refractivity contribution in [1.29, 1.82) is 0 Å². The van der Waals surface area contributed by atoms with E-state index in [-0.39, 0.29) is 11.3 Å². The van der Waals surface area contributed by atoms with E-state index in [4.69, 9.17) is 14.2 Å². The molecule has 8 heteroatoms. The fraction of sp³-hybridized carbons (Fsp3) is 0.290. The zero-order chi connectivity index (χ0) is 27.2. The van der Waals surface area contributed by atoms with E-state index in [1.807, 2.05) is 54.6 Å². The third-order valence-electron chi connectivity index (χ3n) is 7.03. The van der Waals surface area contributed by atoms with Gasteiger partial charge in [0.2, 0.25) is 0 Å². The number of aliphatic hydroxyl groups is 1. The van der Waals surface area contributed by atoms with Crippen molar-refractivity contribution < 1.29 is 28.9 Å². The lowest BCUT2D eigenvalue weighted by molar-refractivity contribution is -0.140. The molecule has 1 N–H and O–H groups in total. The number of amides is 1. The van der Waals surface area contributed by atoms with Crippen LogP contribution >= 0.6 is 0 Å². The number of morpholine rings is 1. The molecule has 0 saturated carbocycles. The molecule has 2 heterocycles.